The van der Waals surface area contributed by atoms with E-state index in [1.807, 2.05) is 12.2 Å². The van der Waals surface area contributed by atoms with Crippen LogP contribution in [0.3, 0.4) is 0 Å². The molecule has 0 fully saturated rings. The number of esters is 1. The van der Waals surface area contributed by atoms with Crippen molar-refractivity contribution in [3.63, 3.8) is 0 Å². The van der Waals surface area contributed by atoms with E-state index in [9.17, 15) is 4.79 Å². The summed E-state index contributed by atoms with van der Waals surface area (Å²) >= 11 is 0. The summed E-state index contributed by atoms with van der Waals surface area (Å²) in [6.07, 6.45) is 18.3. The van der Waals surface area contributed by atoms with Crippen LogP contribution in [0.5, 0.6) is 0 Å². The molecule has 1 heterocycles. The number of carbonyl (C=O) groups excluding carboxylic acids is 1. The maximum absolute atomic E-state index is 11.3. The average molecular weight is 354 g/mol. The van der Waals surface area contributed by atoms with Crippen molar-refractivity contribution in [1.82, 2.24) is 0 Å². The van der Waals surface area contributed by atoms with Gasteiger partial charge in [-0.3, -0.25) is 4.79 Å². The van der Waals surface area contributed by atoms with E-state index in [1.54, 1.807) is 7.11 Å². The number of ether oxygens (including phenoxy) is 2. The molecule has 144 valence electrons. The van der Waals surface area contributed by atoms with E-state index in [4.69, 9.17) is 14.5 Å². The summed E-state index contributed by atoms with van der Waals surface area (Å²) in [7, 11) is 2.97. The molecule has 0 aromatic carbocycles. The Labute approximate surface area is 152 Å². The van der Waals surface area contributed by atoms with E-state index in [1.165, 1.54) is 45.6 Å². The highest BCUT2D eigenvalue weighted by Crippen LogP contribution is 2.28. The van der Waals surface area contributed by atoms with Crippen LogP contribution in [0.4, 0.5) is 0 Å². The highest BCUT2D eigenvalue weighted by molar-refractivity contribution is 5.70. The fraction of sp³-hybridized carbons (Fsp3) is 0.750. The minimum absolute atomic E-state index is 0.140. The van der Waals surface area contributed by atoms with Crippen LogP contribution in [-0.2, 0) is 24.0 Å². The van der Waals surface area contributed by atoms with E-state index in [-0.39, 0.29) is 12.4 Å². The Morgan fingerprint density at radius 1 is 1.12 bits per heavy atom. The molecule has 0 amide bonds. The predicted octanol–water partition coefficient (Wildman–Crippen LogP) is 4.87. The summed E-state index contributed by atoms with van der Waals surface area (Å²) in [4.78, 5) is 22.0. The zero-order valence-electron chi connectivity index (χ0n) is 16.0. The molecule has 2 atom stereocenters. The summed E-state index contributed by atoms with van der Waals surface area (Å²) in [5.74, 6) is -1.16. The summed E-state index contributed by atoms with van der Waals surface area (Å²) in [6, 6.07) is 0. The number of rotatable bonds is 13. The predicted molar refractivity (Wildman–Crippen MR) is 97.8 cm³/mol. The van der Waals surface area contributed by atoms with E-state index in [0.717, 1.165) is 19.3 Å². The van der Waals surface area contributed by atoms with Crippen molar-refractivity contribution in [3.05, 3.63) is 24.3 Å². The van der Waals surface area contributed by atoms with Crippen molar-refractivity contribution in [1.29, 1.82) is 0 Å². The maximum Gasteiger partial charge on any atom is 0.308 e. The van der Waals surface area contributed by atoms with Crippen LogP contribution in [0.25, 0.3) is 0 Å². The molecule has 0 unspecified atom stereocenters. The Morgan fingerprint density at radius 3 is 2.36 bits per heavy atom. The topological polar surface area (TPSA) is 54.0 Å². The van der Waals surface area contributed by atoms with E-state index in [0.29, 0.717) is 0 Å². The van der Waals surface area contributed by atoms with Crippen molar-refractivity contribution in [2.45, 2.75) is 83.0 Å². The first-order valence-corrected chi connectivity index (χ1v) is 9.42. The summed E-state index contributed by atoms with van der Waals surface area (Å²) in [5.41, 5.74) is 0. The highest BCUT2D eigenvalue weighted by Gasteiger charge is 2.34. The first kappa shape index (κ1) is 21.9. The molecule has 1 rings (SSSR count). The van der Waals surface area contributed by atoms with Crippen LogP contribution in [0, 0.1) is 0 Å². The lowest BCUT2D eigenvalue weighted by molar-refractivity contribution is -0.428. The van der Waals surface area contributed by atoms with Gasteiger partial charge in [-0.25, -0.2) is 4.89 Å². The van der Waals surface area contributed by atoms with Gasteiger partial charge in [0.2, 0.25) is 5.79 Å². The molecule has 0 saturated carbocycles. The molecule has 0 spiro atoms. The van der Waals surface area contributed by atoms with Gasteiger partial charge in [-0.05, 0) is 32.3 Å². The van der Waals surface area contributed by atoms with Crippen LogP contribution in [0.15, 0.2) is 24.3 Å². The Morgan fingerprint density at radius 2 is 1.80 bits per heavy atom. The zero-order valence-corrected chi connectivity index (χ0v) is 16.0. The van der Waals surface area contributed by atoms with Gasteiger partial charge in [-0.2, -0.15) is 4.89 Å². The van der Waals surface area contributed by atoms with Gasteiger partial charge in [-0.1, -0.05) is 50.3 Å². The van der Waals surface area contributed by atoms with Crippen LogP contribution >= 0.6 is 0 Å². The van der Waals surface area contributed by atoms with Crippen molar-refractivity contribution >= 4 is 5.97 Å². The van der Waals surface area contributed by atoms with Gasteiger partial charge in [-0.15, -0.1) is 0 Å². The van der Waals surface area contributed by atoms with E-state index >= 15 is 0 Å². The smallest absolute Gasteiger partial charge is 0.308 e. The Hall–Kier alpha value is -1.17. The van der Waals surface area contributed by atoms with Crippen LogP contribution in [0.1, 0.15) is 71.1 Å². The number of carbonyl (C=O) groups is 1. The fourth-order valence-corrected chi connectivity index (χ4v) is 2.82. The molecule has 5 heteroatoms. The summed E-state index contributed by atoms with van der Waals surface area (Å²) in [6.45, 7) is 2.07. The zero-order chi connectivity index (χ0) is 18.4. The van der Waals surface area contributed by atoms with Gasteiger partial charge in [0.05, 0.1) is 13.5 Å². The third-order valence-corrected chi connectivity index (χ3v) is 4.45. The van der Waals surface area contributed by atoms with Gasteiger partial charge in [0.1, 0.15) is 6.10 Å². The number of hydrogen-bond acceptors (Lipinski definition) is 5. The largest absolute Gasteiger partial charge is 0.469 e. The number of hydrogen-bond donors (Lipinski definition) is 0. The quantitative estimate of drug-likeness (QED) is 0.204. The van der Waals surface area contributed by atoms with Gasteiger partial charge in [0.25, 0.3) is 0 Å². The fourth-order valence-electron chi connectivity index (χ4n) is 2.82. The Balaban J connectivity index is 2.15. The molecule has 5 nitrogen and oxygen atoms in total. The standard InChI is InChI=1S/C20H34O5/c1-4-5-6-7-8-9-10-11-12-13-15-20(23-3)16-14-18(24-25-20)17-19(21)22-2/h4-5,14,16,18H,6-13,15,17H2,1-3H3/b5-4+/t18-,20-/m1/s1. The third-order valence-electron chi connectivity index (χ3n) is 4.45. The second-order valence-corrected chi connectivity index (χ2v) is 6.46. The highest BCUT2D eigenvalue weighted by atomic mass is 17.2. The number of allylic oxidation sites excluding steroid dienone is 2. The van der Waals surface area contributed by atoms with Gasteiger partial charge in [0.15, 0.2) is 0 Å². The Kier molecular flexibility index (Phi) is 11.5. The first-order valence-electron chi connectivity index (χ1n) is 9.42. The molecule has 1 aliphatic rings. The van der Waals surface area contributed by atoms with Gasteiger partial charge < -0.3 is 9.47 Å². The molecule has 25 heavy (non-hydrogen) atoms. The van der Waals surface area contributed by atoms with E-state index < -0.39 is 11.9 Å². The molecule has 0 saturated heterocycles. The number of unbranched alkanes of at least 4 members (excludes halogenated alkanes) is 7. The molecule has 0 aliphatic carbocycles. The average Bonchev–Trinajstić information content (AvgIpc) is 2.64. The van der Waals surface area contributed by atoms with Crippen molar-refractivity contribution in [2.24, 2.45) is 0 Å². The van der Waals surface area contributed by atoms with Gasteiger partial charge >= 0.3 is 5.97 Å². The van der Waals surface area contributed by atoms with Crippen molar-refractivity contribution in [2.75, 3.05) is 14.2 Å². The second kappa shape index (κ2) is 13.1. The molecular formula is C20H34O5. The lowest BCUT2D eigenvalue weighted by Crippen LogP contribution is -2.38. The summed E-state index contributed by atoms with van der Waals surface area (Å²) in [5, 5.41) is 0. The normalized spacial score (nSPS) is 23.2. The lowest BCUT2D eigenvalue weighted by Gasteiger charge is -2.32. The molecule has 0 aromatic rings. The Bertz CT molecular complexity index is 418. The molecule has 0 bridgehead atoms. The van der Waals surface area contributed by atoms with Crippen LogP contribution in [0.2, 0.25) is 0 Å². The second-order valence-electron chi connectivity index (χ2n) is 6.46. The number of methoxy groups -OCH3 is 2. The van der Waals surface area contributed by atoms with Crippen LogP contribution < -0.4 is 0 Å². The lowest BCUT2D eigenvalue weighted by atomic mass is 10.0. The van der Waals surface area contributed by atoms with Crippen LogP contribution in [-0.4, -0.2) is 32.1 Å². The summed E-state index contributed by atoms with van der Waals surface area (Å²) < 4.78 is 10.1. The minimum Gasteiger partial charge on any atom is -0.469 e. The van der Waals surface area contributed by atoms with Crippen molar-refractivity contribution < 1.29 is 24.0 Å². The van der Waals surface area contributed by atoms with Gasteiger partial charge in [0, 0.05) is 13.5 Å². The van der Waals surface area contributed by atoms with Crippen molar-refractivity contribution in [3.8, 4) is 0 Å². The third kappa shape index (κ3) is 9.19. The SMILES string of the molecule is C/C=C/CCCCCCCCC[C@]1(OC)C=C[C@H](CC(=O)OC)OO1. The molecule has 1 aliphatic heterocycles. The molecular weight excluding hydrogens is 320 g/mol. The minimum atomic E-state index is -0.834. The molecule has 0 radical (unpaired) electrons. The molecule has 0 aromatic heterocycles. The monoisotopic (exact) mass is 354 g/mol. The molecule has 0 N–H and O–H groups in total. The van der Waals surface area contributed by atoms with E-state index in [2.05, 4.69) is 23.8 Å². The first-order chi connectivity index (χ1) is 12.2. The maximum atomic E-state index is 11.3.